The highest BCUT2D eigenvalue weighted by molar-refractivity contribution is 7.10. The molecule has 0 saturated heterocycles. The topological polar surface area (TPSA) is 36.4 Å². The van der Waals surface area contributed by atoms with Crippen molar-refractivity contribution in [2.24, 2.45) is 4.99 Å². The second-order valence-electron chi connectivity index (χ2n) is 5.51. The number of guanidine groups is 1. The quantitative estimate of drug-likeness (QED) is 0.619. The van der Waals surface area contributed by atoms with E-state index in [1.807, 2.05) is 0 Å². The van der Waals surface area contributed by atoms with Gasteiger partial charge in [-0.05, 0) is 31.7 Å². The Labute approximate surface area is 121 Å². The van der Waals surface area contributed by atoms with E-state index >= 15 is 0 Å². The number of nitrogens with zero attached hydrogens (tertiary/aromatic N) is 1. The van der Waals surface area contributed by atoms with Gasteiger partial charge in [0.15, 0.2) is 5.96 Å². The Morgan fingerprint density at radius 1 is 1.42 bits per heavy atom. The van der Waals surface area contributed by atoms with Gasteiger partial charge in [0.05, 0.1) is 6.54 Å². The second-order valence-corrected chi connectivity index (χ2v) is 6.46. The molecule has 1 unspecified atom stereocenters. The molecule has 0 aliphatic heterocycles. The molecule has 1 atom stereocenters. The molecule has 1 aromatic rings. The number of nitrogens with one attached hydrogen (secondary N) is 2. The molecule has 2 N–H and O–H groups in total. The fourth-order valence-electron chi connectivity index (χ4n) is 1.67. The van der Waals surface area contributed by atoms with Crippen molar-refractivity contribution < 1.29 is 0 Å². The van der Waals surface area contributed by atoms with Crippen molar-refractivity contribution in [3.05, 3.63) is 22.4 Å². The Bertz CT molecular complexity index is 382. The van der Waals surface area contributed by atoms with Crippen LogP contribution in [0.4, 0.5) is 0 Å². The molecule has 0 aliphatic rings. The third kappa shape index (κ3) is 5.23. The lowest BCUT2D eigenvalue weighted by Gasteiger charge is -2.22. The molecule has 0 fully saturated rings. The molecule has 0 bridgehead atoms. The molecular formula is C15H27N3S. The summed E-state index contributed by atoms with van der Waals surface area (Å²) in [5.74, 6) is 0.918. The zero-order chi connectivity index (χ0) is 14.3. The molecule has 0 aliphatic carbocycles. The van der Waals surface area contributed by atoms with E-state index in [9.17, 15) is 0 Å². The zero-order valence-electron chi connectivity index (χ0n) is 12.8. The molecule has 0 radical (unpaired) electrons. The Kier molecular flexibility index (Phi) is 6.35. The summed E-state index contributed by atoms with van der Waals surface area (Å²) in [6.45, 7) is 12.6. The lowest BCUT2D eigenvalue weighted by Crippen LogP contribution is -2.42. The molecule has 108 valence electrons. The summed E-state index contributed by atoms with van der Waals surface area (Å²) in [4.78, 5) is 6.11. The van der Waals surface area contributed by atoms with Crippen molar-refractivity contribution in [1.29, 1.82) is 0 Å². The molecule has 1 heterocycles. The first-order valence-corrected chi connectivity index (χ1v) is 7.96. The van der Waals surface area contributed by atoms with Crippen molar-refractivity contribution in [2.45, 2.75) is 52.5 Å². The van der Waals surface area contributed by atoms with Crippen molar-refractivity contribution in [1.82, 2.24) is 10.6 Å². The van der Waals surface area contributed by atoms with Crippen molar-refractivity contribution in [3.63, 3.8) is 0 Å². The SMILES string of the molecule is CCNC(=NCC(C)(C)c1cccs1)NC(C)CC. The molecule has 1 aromatic heterocycles. The van der Waals surface area contributed by atoms with Gasteiger partial charge < -0.3 is 10.6 Å². The van der Waals surface area contributed by atoms with Crippen LogP contribution in [0.3, 0.4) is 0 Å². The summed E-state index contributed by atoms with van der Waals surface area (Å²) < 4.78 is 0. The number of rotatable bonds is 6. The van der Waals surface area contributed by atoms with Crippen LogP contribution in [-0.4, -0.2) is 25.1 Å². The van der Waals surface area contributed by atoms with E-state index in [-0.39, 0.29) is 5.41 Å². The largest absolute Gasteiger partial charge is 0.357 e. The van der Waals surface area contributed by atoms with Crippen molar-refractivity contribution in [2.75, 3.05) is 13.1 Å². The van der Waals surface area contributed by atoms with Gasteiger partial charge in [0.25, 0.3) is 0 Å². The molecule has 1 rings (SSSR count). The first-order chi connectivity index (χ1) is 8.99. The summed E-state index contributed by atoms with van der Waals surface area (Å²) in [7, 11) is 0. The fourth-order valence-corrected chi connectivity index (χ4v) is 2.52. The fraction of sp³-hybridized carbons (Fsp3) is 0.667. The summed E-state index contributed by atoms with van der Waals surface area (Å²) >= 11 is 1.80. The minimum absolute atomic E-state index is 0.0893. The minimum atomic E-state index is 0.0893. The van der Waals surface area contributed by atoms with Gasteiger partial charge in [-0.1, -0.05) is 26.8 Å². The number of thiophene rings is 1. The molecular weight excluding hydrogens is 254 g/mol. The van der Waals surface area contributed by atoms with Gasteiger partial charge in [-0.15, -0.1) is 11.3 Å². The maximum absolute atomic E-state index is 4.73. The summed E-state index contributed by atoms with van der Waals surface area (Å²) in [5, 5.41) is 8.86. The van der Waals surface area contributed by atoms with Crippen LogP contribution in [0.1, 0.15) is 45.9 Å². The molecule has 0 spiro atoms. The van der Waals surface area contributed by atoms with E-state index in [0.717, 1.165) is 25.5 Å². The third-order valence-corrected chi connectivity index (χ3v) is 4.40. The van der Waals surface area contributed by atoms with Crippen LogP contribution in [0.5, 0.6) is 0 Å². The molecule has 0 amide bonds. The van der Waals surface area contributed by atoms with E-state index < -0.39 is 0 Å². The van der Waals surface area contributed by atoms with Gasteiger partial charge >= 0.3 is 0 Å². The van der Waals surface area contributed by atoms with Crippen LogP contribution >= 0.6 is 11.3 Å². The monoisotopic (exact) mass is 281 g/mol. The highest BCUT2D eigenvalue weighted by Crippen LogP contribution is 2.27. The normalized spacial score (nSPS) is 14.3. The van der Waals surface area contributed by atoms with E-state index in [1.54, 1.807) is 11.3 Å². The van der Waals surface area contributed by atoms with E-state index in [2.05, 4.69) is 62.8 Å². The predicted molar refractivity (Wildman–Crippen MR) is 86.2 cm³/mol. The van der Waals surface area contributed by atoms with Gasteiger partial charge in [-0.3, -0.25) is 4.99 Å². The number of hydrogen-bond donors (Lipinski definition) is 2. The standard InChI is InChI=1S/C15H27N3S/c1-6-12(3)18-14(16-7-2)17-11-15(4,5)13-9-8-10-19-13/h8-10,12H,6-7,11H2,1-5H3,(H2,16,17,18). The van der Waals surface area contributed by atoms with Gasteiger partial charge in [0, 0.05) is 22.9 Å². The van der Waals surface area contributed by atoms with Crippen LogP contribution < -0.4 is 10.6 Å². The summed E-state index contributed by atoms with van der Waals surface area (Å²) in [5.41, 5.74) is 0.0893. The first kappa shape index (κ1) is 16.0. The summed E-state index contributed by atoms with van der Waals surface area (Å²) in [6.07, 6.45) is 1.10. The smallest absolute Gasteiger partial charge is 0.191 e. The van der Waals surface area contributed by atoms with Crippen LogP contribution in [0.2, 0.25) is 0 Å². The lowest BCUT2D eigenvalue weighted by molar-refractivity contribution is 0.544. The minimum Gasteiger partial charge on any atom is -0.357 e. The van der Waals surface area contributed by atoms with E-state index in [4.69, 9.17) is 4.99 Å². The average Bonchev–Trinajstić information content (AvgIpc) is 2.90. The van der Waals surface area contributed by atoms with Crippen molar-refractivity contribution in [3.8, 4) is 0 Å². The molecule has 0 aromatic carbocycles. The zero-order valence-corrected chi connectivity index (χ0v) is 13.6. The first-order valence-electron chi connectivity index (χ1n) is 7.08. The molecule has 3 nitrogen and oxygen atoms in total. The van der Waals surface area contributed by atoms with Gasteiger partial charge in [0.1, 0.15) is 0 Å². The van der Waals surface area contributed by atoms with Crippen LogP contribution in [0, 0.1) is 0 Å². The lowest BCUT2D eigenvalue weighted by atomic mass is 9.92. The van der Waals surface area contributed by atoms with Gasteiger partial charge in [-0.2, -0.15) is 0 Å². The Hall–Kier alpha value is -1.03. The Morgan fingerprint density at radius 3 is 2.68 bits per heavy atom. The average molecular weight is 281 g/mol. The number of hydrogen-bond acceptors (Lipinski definition) is 2. The predicted octanol–water partition coefficient (Wildman–Crippen LogP) is 3.38. The molecule has 4 heteroatoms. The van der Waals surface area contributed by atoms with Crippen LogP contribution in [-0.2, 0) is 5.41 Å². The highest BCUT2D eigenvalue weighted by atomic mass is 32.1. The molecule has 0 saturated carbocycles. The Balaban J connectivity index is 2.69. The van der Waals surface area contributed by atoms with E-state index in [1.165, 1.54) is 4.88 Å². The molecule has 19 heavy (non-hydrogen) atoms. The maximum Gasteiger partial charge on any atom is 0.191 e. The van der Waals surface area contributed by atoms with Crippen molar-refractivity contribution >= 4 is 17.3 Å². The maximum atomic E-state index is 4.73. The third-order valence-electron chi connectivity index (χ3n) is 3.16. The summed E-state index contributed by atoms with van der Waals surface area (Å²) in [6, 6.07) is 4.74. The van der Waals surface area contributed by atoms with Crippen LogP contribution in [0.15, 0.2) is 22.5 Å². The highest BCUT2D eigenvalue weighted by Gasteiger charge is 2.21. The second kappa shape index (κ2) is 7.53. The van der Waals surface area contributed by atoms with Gasteiger partial charge in [0.2, 0.25) is 0 Å². The van der Waals surface area contributed by atoms with Gasteiger partial charge in [-0.25, -0.2) is 0 Å². The Morgan fingerprint density at radius 2 is 2.16 bits per heavy atom. The van der Waals surface area contributed by atoms with Crippen LogP contribution in [0.25, 0.3) is 0 Å². The van der Waals surface area contributed by atoms with E-state index in [0.29, 0.717) is 6.04 Å². The number of aliphatic imine (C=N–C) groups is 1.